The van der Waals surface area contributed by atoms with E-state index in [1.807, 2.05) is 19.2 Å². The number of fused-ring (bicyclic) bond motifs is 1. The highest BCUT2D eigenvalue weighted by Crippen LogP contribution is 2.29. The quantitative estimate of drug-likeness (QED) is 0.627. The zero-order valence-electron chi connectivity index (χ0n) is 16.1. The summed E-state index contributed by atoms with van der Waals surface area (Å²) in [6, 6.07) is 13.2. The zero-order chi connectivity index (χ0) is 18.8. The van der Waals surface area contributed by atoms with Gasteiger partial charge >= 0.3 is 0 Å². The lowest BCUT2D eigenvalue weighted by atomic mass is 9.93. The number of aryl methyl sites for hydroxylation is 1. The molecular formula is C21H27N5O. The number of aromatic amines is 1. The van der Waals surface area contributed by atoms with E-state index in [4.69, 9.17) is 4.74 Å². The first-order valence-electron chi connectivity index (χ1n) is 9.37. The number of hydrogen-bond donors (Lipinski definition) is 3. The van der Waals surface area contributed by atoms with Crippen molar-refractivity contribution in [2.24, 2.45) is 5.92 Å². The lowest BCUT2D eigenvalue weighted by Gasteiger charge is -2.24. The van der Waals surface area contributed by atoms with Crippen LogP contribution < -0.4 is 15.6 Å². The normalized spacial score (nSPS) is 19.9. The summed E-state index contributed by atoms with van der Waals surface area (Å²) in [5.41, 5.74) is 9.21. The van der Waals surface area contributed by atoms with E-state index in [9.17, 15) is 0 Å². The summed E-state index contributed by atoms with van der Waals surface area (Å²) in [6.07, 6.45) is 1.88. The minimum Gasteiger partial charge on any atom is -0.497 e. The molecule has 0 amide bonds. The number of hydrogen-bond acceptors (Lipinski definition) is 5. The molecule has 0 radical (unpaired) electrons. The maximum Gasteiger partial charge on any atom is 0.120 e. The second-order valence-corrected chi connectivity index (χ2v) is 7.45. The fourth-order valence-electron chi connectivity index (χ4n) is 3.89. The summed E-state index contributed by atoms with van der Waals surface area (Å²) in [4.78, 5) is 10.1. The maximum absolute atomic E-state index is 5.33. The first-order valence-corrected chi connectivity index (χ1v) is 9.37. The van der Waals surface area contributed by atoms with E-state index in [1.54, 1.807) is 7.11 Å². The smallest absolute Gasteiger partial charge is 0.120 e. The Labute approximate surface area is 159 Å². The van der Waals surface area contributed by atoms with Crippen LogP contribution in [0.15, 0.2) is 42.6 Å². The molecule has 2 heterocycles. The summed E-state index contributed by atoms with van der Waals surface area (Å²) in [6.45, 7) is 4.80. The topological polar surface area (TPSA) is 65.2 Å². The lowest BCUT2D eigenvalue weighted by Crippen LogP contribution is -2.30. The van der Waals surface area contributed by atoms with Crippen LogP contribution in [0.2, 0.25) is 0 Å². The van der Waals surface area contributed by atoms with Crippen molar-refractivity contribution in [3.05, 3.63) is 59.7 Å². The van der Waals surface area contributed by atoms with Gasteiger partial charge in [-0.15, -0.1) is 0 Å². The van der Waals surface area contributed by atoms with E-state index < -0.39 is 0 Å². The number of nitrogens with one attached hydrogen (secondary N) is 3. The number of ether oxygens (including phenoxy) is 1. The van der Waals surface area contributed by atoms with Crippen LogP contribution in [0.4, 0.5) is 0 Å². The van der Waals surface area contributed by atoms with Crippen molar-refractivity contribution >= 4 is 10.8 Å². The summed E-state index contributed by atoms with van der Waals surface area (Å²) in [7, 11) is 3.86. The Kier molecular flexibility index (Phi) is 5.11. The molecule has 3 N–H and O–H groups in total. The van der Waals surface area contributed by atoms with Crippen molar-refractivity contribution in [1.29, 1.82) is 0 Å². The van der Waals surface area contributed by atoms with Crippen LogP contribution in [0.1, 0.15) is 23.1 Å². The molecule has 1 aromatic heterocycles. The van der Waals surface area contributed by atoms with Gasteiger partial charge in [-0.1, -0.05) is 18.2 Å². The van der Waals surface area contributed by atoms with Crippen LogP contribution in [0.5, 0.6) is 5.75 Å². The Hall–Kier alpha value is -2.41. The molecule has 0 spiro atoms. The fraction of sp³-hybridized carbons (Fsp3) is 0.381. The second kappa shape index (κ2) is 7.68. The predicted octanol–water partition coefficient (Wildman–Crippen LogP) is 2.78. The van der Waals surface area contributed by atoms with E-state index in [2.05, 4.69) is 63.1 Å². The number of nitrogens with zero attached hydrogens (tertiary/aromatic N) is 2. The molecule has 142 valence electrons. The van der Waals surface area contributed by atoms with Crippen molar-refractivity contribution in [3.63, 3.8) is 0 Å². The molecule has 6 nitrogen and oxygen atoms in total. The van der Waals surface area contributed by atoms with Gasteiger partial charge in [0, 0.05) is 30.9 Å². The van der Waals surface area contributed by atoms with Gasteiger partial charge in [-0.05, 0) is 48.5 Å². The van der Waals surface area contributed by atoms with Crippen molar-refractivity contribution in [1.82, 2.24) is 25.7 Å². The van der Waals surface area contributed by atoms with Gasteiger partial charge in [0.15, 0.2) is 0 Å². The number of rotatable bonds is 6. The van der Waals surface area contributed by atoms with Crippen LogP contribution in [0.3, 0.4) is 0 Å². The van der Waals surface area contributed by atoms with E-state index in [1.165, 1.54) is 16.3 Å². The minimum atomic E-state index is 0.289. The highest BCUT2D eigenvalue weighted by Gasteiger charge is 2.29. The molecular weight excluding hydrogens is 338 g/mol. The fourth-order valence-corrected chi connectivity index (χ4v) is 3.89. The largest absolute Gasteiger partial charge is 0.497 e. The molecule has 1 saturated heterocycles. The molecule has 2 atom stereocenters. The molecule has 1 aliphatic heterocycles. The van der Waals surface area contributed by atoms with E-state index in [-0.39, 0.29) is 6.04 Å². The Morgan fingerprint density at radius 2 is 2.00 bits per heavy atom. The molecule has 3 aromatic rings. The molecule has 2 aromatic carbocycles. The maximum atomic E-state index is 5.33. The first kappa shape index (κ1) is 18.0. The van der Waals surface area contributed by atoms with Crippen LogP contribution in [0, 0.1) is 12.8 Å². The highest BCUT2D eigenvalue weighted by atomic mass is 16.5. The summed E-state index contributed by atoms with van der Waals surface area (Å²) in [5, 5.41) is 2.44. The summed E-state index contributed by atoms with van der Waals surface area (Å²) < 4.78 is 5.33. The zero-order valence-corrected chi connectivity index (χ0v) is 16.1. The average molecular weight is 365 g/mol. The third-order valence-electron chi connectivity index (χ3n) is 5.25. The Bertz CT molecular complexity index is 922. The van der Waals surface area contributed by atoms with Gasteiger partial charge in [-0.25, -0.2) is 10.4 Å². The van der Waals surface area contributed by atoms with Gasteiger partial charge in [-0.2, -0.15) is 0 Å². The Balaban J connectivity index is 1.48. The SMILES string of the molecule is COc1ccc2cc(C3NNCC3CN(C)Cc3ncc(C)[nH]3)ccc2c1. The standard InChI is InChI=1S/C21H27N5O/c1-14-10-22-20(24-14)13-26(2)12-18-11-23-25-21(18)17-5-4-16-9-19(27-3)7-6-15(16)8-17/h4-10,18,21,23,25H,11-13H2,1-3H3,(H,22,24). The lowest BCUT2D eigenvalue weighted by molar-refractivity contribution is 0.258. The minimum absolute atomic E-state index is 0.289. The van der Waals surface area contributed by atoms with E-state index in [0.29, 0.717) is 5.92 Å². The number of H-pyrrole nitrogens is 1. The molecule has 4 rings (SSSR count). The molecule has 1 fully saturated rings. The first-order chi connectivity index (χ1) is 13.1. The van der Waals surface area contributed by atoms with E-state index >= 15 is 0 Å². The monoisotopic (exact) mass is 365 g/mol. The van der Waals surface area contributed by atoms with Gasteiger partial charge in [0.1, 0.15) is 11.6 Å². The number of aromatic nitrogens is 2. The molecule has 1 aliphatic rings. The van der Waals surface area contributed by atoms with Crippen molar-refractivity contribution in [2.45, 2.75) is 19.5 Å². The van der Waals surface area contributed by atoms with E-state index in [0.717, 1.165) is 36.9 Å². The number of imidazole rings is 1. The van der Waals surface area contributed by atoms with Crippen LogP contribution in [0.25, 0.3) is 10.8 Å². The van der Waals surface area contributed by atoms with Gasteiger partial charge < -0.3 is 9.72 Å². The van der Waals surface area contributed by atoms with Crippen LogP contribution >= 0.6 is 0 Å². The van der Waals surface area contributed by atoms with Crippen molar-refractivity contribution in [3.8, 4) is 5.75 Å². The third kappa shape index (κ3) is 3.98. The summed E-state index contributed by atoms with van der Waals surface area (Å²) >= 11 is 0. The van der Waals surface area contributed by atoms with Crippen molar-refractivity contribution < 1.29 is 4.74 Å². The van der Waals surface area contributed by atoms with Crippen molar-refractivity contribution in [2.75, 3.05) is 27.2 Å². The van der Waals surface area contributed by atoms with Gasteiger partial charge in [0.25, 0.3) is 0 Å². The molecule has 0 saturated carbocycles. The molecule has 0 bridgehead atoms. The molecule has 6 heteroatoms. The number of methoxy groups -OCH3 is 1. The Morgan fingerprint density at radius 1 is 1.19 bits per heavy atom. The highest BCUT2D eigenvalue weighted by molar-refractivity contribution is 5.84. The summed E-state index contributed by atoms with van der Waals surface area (Å²) in [5.74, 6) is 2.40. The number of hydrazine groups is 1. The molecule has 27 heavy (non-hydrogen) atoms. The molecule has 0 aliphatic carbocycles. The van der Waals surface area contributed by atoms with Gasteiger partial charge in [-0.3, -0.25) is 10.3 Å². The second-order valence-electron chi connectivity index (χ2n) is 7.45. The predicted molar refractivity (Wildman–Crippen MR) is 108 cm³/mol. The van der Waals surface area contributed by atoms with Gasteiger partial charge in [0.2, 0.25) is 0 Å². The van der Waals surface area contributed by atoms with Crippen LogP contribution in [-0.4, -0.2) is 42.1 Å². The average Bonchev–Trinajstić information content (AvgIpc) is 3.29. The third-order valence-corrected chi connectivity index (χ3v) is 5.25. The number of benzene rings is 2. The molecule has 2 unspecified atom stereocenters. The van der Waals surface area contributed by atoms with Gasteiger partial charge in [0.05, 0.1) is 19.7 Å². The Morgan fingerprint density at radius 3 is 2.78 bits per heavy atom. The van der Waals surface area contributed by atoms with Crippen LogP contribution in [-0.2, 0) is 6.54 Å².